The number of amides is 1. The average Bonchev–Trinajstić information content (AvgIpc) is 2.36. The molecule has 1 aromatic rings. The Balaban J connectivity index is 2.45. The fraction of sp³-hybridized carbons (Fsp3) is 0.533. The van der Waals surface area contributed by atoms with Crippen molar-refractivity contribution in [2.75, 3.05) is 6.54 Å². The van der Waals surface area contributed by atoms with Gasteiger partial charge in [0.25, 0.3) is 0 Å². The number of halogens is 2. The van der Waals surface area contributed by atoms with Crippen molar-refractivity contribution in [3.05, 3.63) is 34.6 Å². The van der Waals surface area contributed by atoms with E-state index in [2.05, 4.69) is 0 Å². The molecule has 20 heavy (non-hydrogen) atoms. The number of hydrogen-bond acceptors (Lipinski definition) is 2. The van der Waals surface area contributed by atoms with Gasteiger partial charge < -0.3 is 10.6 Å². The molecule has 1 amide bonds. The van der Waals surface area contributed by atoms with Crippen molar-refractivity contribution >= 4 is 17.5 Å². The molecule has 1 heterocycles. The molecular weight excluding hydrogens is 279 g/mol. The number of carbonyl (C=O) groups is 1. The largest absolute Gasteiger partial charge is 0.334 e. The van der Waals surface area contributed by atoms with Crippen LogP contribution in [0, 0.1) is 11.7 Å². The molecule has 2 rings (SSSR count). The van der Waals surface area contributed by atoms with Gasteiger partial charge in [-0.1, -0.05) is 31.5 Å². The Morgan fingerprint density at radius 2 is 2.20 bits per heavy atom. The molecular formula is C15H20ClFN2O. The van der Waals surface area contributed by atoms with Crippen LogP contribution in [0.2, 0.25) is 5.02 Å². The van der Waals surface area contributed by atoms with Crippen LogP contribution < -0.4 is 5.73 Å². The van der Waals surface area contributed by atoms with Crippen molar-refractivity contribution in [3.63, 3.8) is 0 Å². The number of benzene rings is 1. The summed E-state index contributed by atoms with van der Waals surface area (Å²) in [5.41, 5.74) is 6.50. The predicted molar refractivity (Wildman–Crippen MR) is 77.9 cm³/mol. The number of nitrogens with zero attached hydrogens (tertiary/aromatic N) is 1. The summed E-state index contributed by atoms with van der Waals surface area (Å²) in [5.74, 6) is -0.0941. The average molecular weight is 299 g/mol. The van der Waals surface area contributed by atoms with Gasteiger partial charge >= 0.3 is 0 Å². The number of likely N-dealkylation sites (tertiary alicyclic amines) is 1. The summed E-state index contributed by atoms with van der Waals surface area (Å²) in [5, 5.41) is 0.328. The van der Waals surface area contributed by atoms with Gasteiger partial charge in [-0.15, -0.1) is 0 Å². The molecule has 0 spiro atoms. The lowest BCUT2D eigenvalue weighted by molar-refractivity contribution is -0.138. The molecule has 1 aliphatic heterocycles. The molecule has 1 fully saturated rings. The molecule has 1 saturated heterocycles. The molecule has 1 aliphatic rings. The summed E-state index contributed by atoms with van der Waals surface area (Å²) in [6, 6.07) is 3.79. The quantitative estimate of drug-likeness (QED) is 0.932. The van der Waals surface area contributed by atoms with Crippen molar-refractivity contribution in [2.24, 2.45) is 11.7 Å². The molecule has 0 saturated carbocycles. The Labute approximate surface area is 123 Å². The maximum Gasteiger partial charge on any atom is 0.223 e. The van der Waals surface area contributed by atoms with E-state index in [4.69, 9.17) is 17.3 Å². The van der Waals surface area contributed by atoms with Gasteiger partial charge in [0.2, 0.25) is 5.91 Å². The van der Waals surface area contributed by atoms with Gasteiger partial charge in [-0.25, -0.2) is 4.39 Å². The molecule has 0 bridgehead atoms. The fourth-order valence-corrected chi connectivity index (χ4v) is 3.02. The Bertz CT molecular complexity index is 486. The molecule has 2 N–H and O–H groups in total. The fourth-order valence-electron chi connectivity index (χ4n) is 2.75. The molecule has 1 aromatic carbocycles. The van der Waals surface area contributed by atoms with E-state index in [1.54, 1.807) is 17.0 Å². The van der Waals surface area contributed by atoms with E-state index in [-0.39, 0.29) is 17.9 Å². The highest BCUT2D eigenvalue weighted by atomic mass is 35.5. The van der Waals surface area contributed by atoms with Crippen molar-refractivity contribution in [3.8, 4) is 0 Å². The van der Waals surface area contributed by atoms with E-state index in [0.717, 1.165) is 0 Å². The normalized spacial score (nSPS) is 23.5. The second-order valence-electron chi connectivity index (χ2n) is 5.72. The van der Waals surface area contributed by atoms with Crippen molar-refractivity contribution in [2.45, 2.75) is 38.8 Å². The zero-order chi connectivity index (χ0) is 14.9. The molecule has 0 aliphatic carbocycles. The van der Waals surface area contributed by atoms with Crippen LogP contribution in [-0.2, 0) is 4.79 Å². The summed E-state index contributed by atoms with van der Waals surface area (Å²) in [4.78, 5) is 13.9. The standard InChI is InChI=1S/C15H20ClFN2O/c1-9(2)8-19-13(20)7-6-12(18)15(19)14-10(16)4-3-5-11(14)17/h3-5,9,12,15H,6-8,18H2,1-2H3. The molecule has 3 nitrogen and oxygen atoms in total. The zero-order valence-electron chi connectivity index (χ0n) is 11.8. The van der Waals surface area contributed by atoms with E-state index in [0.29, 0.717) is 30.0 Å². The van der Waals surface area contributed by atoms with Crippen LogP contribution in [0.4, 0.5) is 4.39 Å². The smallest absolute Gasteiger partial charge is 0.223 e. The van der Waals surface area contributed by atoms with Gasteiger partial charge in [-0.05, 0) is 24.5 Å². The highest BCUT2D eigenvalue weighted by Gasteiger charge is 2.37. The Hall–Kier alpha value is -1.13. The van der Waals surface area contributed by atoms with Gasteiger partial charge in [-0.3, -0.25) is 4.79 Å². The Morgan fingerprint density at radius 1 is 1.50 bits per heavy atom. The first-order valence-electron chi connectivity index (χ1n) is 6.90. The first-order chi connectivity index (χ1) is 9.41. The summed E-state index contributed by atoms with van der Waals surface area (Å²) in [6.07, 6.45) is 0.971. The molecule has 2 unspecified atom stereocenters. The minimum atomic E-state index is -0.479. The van der Waals surface area contributed by atoms with Crippen LogP contribution in [-0.4, -0.2) is 23.4 Å². The van der Waals surface area contributed by atoms with E-state index in [1.807, 2.05) is 13.8 Å². The minimum Gasteiger partial charge on any atom is -0.334 e. The molecule has 0 radical (unpaired) electrons. The van der Waals surface area contributed by atoms with E-state index < -0.39 is 11.9 Å². The number of piperidine rings is 1. The third-order valence-corrected chi connectivity index (χ3v) is 3.94. The number of nitrogens with two attached hydrogens (primary N) is 1. The van der Waals surface area contributed by atoms with Gasteiger partial charge in [0.05, 0.1) is 6.04 Å². The van der Waals surface area contributed by atoms with Crippen LogP contribution in [0.15, 0.2) is 18.2 Å². The molecule has 2 atom stereocenters. The molecule has 5 heteroatoms. The number of rotatable bonds is 3. The van der Waals surface area contributed by atoms with Crippen LogP contribution >= 0.6 is 11.6 Å². The summed E-state index contributed by atoms with van der Waals surface area (Å²) >= 11 is 6.14. The monoisotopic (exact) mass is 298 g/mol. The Morgan fingerprint density at radius 3 is 2.80 bits per heavy atom. The predicted octanol–water partition coefficient (Wildman–Crippen LogP) is 3.13. The van der Waals surface area contributed by atoms with Crippen molar-refractivity contribution in [1.82, 2.24) is 4.90 Å². The third kappa shape index (κ3) is 2.96. The van der Waals surface area contributed by atoms with Gasteiger partial charge in [0, 0.05) is 29.6 Å². The highest BCUT2D eigenvalue weighted by molar-refractivity contribution is 6.31. The first kappa shape index (κ1) is 15.3. The van der Waals surface area contributed by atoms with Crippen LogP contribution in [0.25, 0.3) is 0 Å². The van der Waals surface area contributed by atoms with Gasteiger partial charge in [0.1, 0.15) is 5.82 Å². The Kier molecular flexibility index (Phi) is 4.66. The second-order valence-corrected chi connectivity index (χ2v) is 6.13. The van der Waals surface area contributed by atoms with Gasteiger partial charge in [0.15, 0.2) is 0 Å². The minimum absolute atomic E-state index is 0.0183. The maximum atomic E-state index is 14.2. The molecule has 0 aromatic heterocycles. The maximum absolute atomic E-state index is 14.2. The van der Waals surface area contributed by atoms with Gasteiger partial charge in [-0.2, -0.15) is 0 Å². The third-order valence-electron chi connectivity index (χ3n) is 3.61. The van der Waals surface area contributed by atoms with E-state index in [9.17, 15) is 9.18 Å². The van der Waals surface area contributed by atoms with Crippen LogP contribution in [0.5, 0.6) is 0 Å². The molecule has 110 valence electrons. The summed E-state index contributed by atoms with van der Waals surface area (Å²) < 4.78 is 14.2. The highest BCUT2D eigenvalue weighted by Crippen LogP contribution is 2.36. The van der Waals surface area contributed by atoms with Crippen molar-refractivity contribution in [1.29, 1.82) is 0 Å². The SMILES string of the molecule is CC(C)CN1C(=O)CCC(N)C1c1c(F)cccc1Cl. The lowest BCUT2D eigenvalue weighted by Gasteiger charge is -2.41. The van der Waals surface area contributed by atoms with Crippen LogP contribution in [0.1, 0.15) is 38.3 Å². The summed E-state index contributed by atoms with van der Waals surface area (Å²) in [7, 11) is 0. The lowest BCUT2D eigenvalue weighted by Crippen LogP contribution is -2.50. The topological polar surface area (TPSA) is 46.3 Å². The number of carbonyl (C=O) groups excluding carboxylic acids is 1. The van der Waals surface area contributed by atoms with E-state index in [1.165, 1.54) is 6.07 Å². The zero-order valence-corrected chi connectivity index (χ0v) is 12.5. The second kappa shape index (κ2) is 6.10. The van der Waals surface area contributed by atoms with Crippen LogP contribution in [0.3, 0.4) is 0 Å². The van der Waals surface area contributed by atoms with E-state index >= 15 is 0 Å². The first-order valence-corrected chi connectivity index (χ1v) is 7.28. The summed E-state index contributed by atoms with van der Waals surface area (Å²) in [6.45, 7) is 4.60. The van der Waals surface area contributed by atoms with Crippen molar-refractivity contribution < 1.29 is 9.18 Å². The lowest BCUT2D eigenvalue weighted by atomic mass is 9.89. The number of hydrogen-bond donors (Lipinski definition) is 1.